The molecule has 0 spiro atoms. The van der Waals surface area contributed by atoms with Crippen molar-refractivity contribution in [1.82, 2.24) is 0 Å². The van der Waals surface area contributed by atoms with Crippen molar-refractivity contribution < 1.29 is 7.54 Å². The van der Waals surface area contributed by atoms with Gasteiger partial charge in [-0.15, -0.1) is 0 Å². The van der Waals surface area contributed by atoms with E-state index in [0.717, 1.165) is 32.3 Å². The zero-order chi connectivity index (χ0) is 15.8. The average molecular weight is 272 g/mol. The van der Waals surface area contributed by atoms with Gasteiger partial charge < -0.3 is 0 Å². The maximum Gasteiger partial charge on any atom is 0.167 e. The molecule has 0 bridgehead atoms. The Labute approximate surface area is 124 Å². The Morgan fingerprint density at radius 1 is 0.810 bits per heavy atom. The third-order valence-electron chi connectivity index (χ3n) is 4.35. The van der Waals surface area contributed by atoms with Gasteiger partial charge in [-0.1, -0.05) is 48.5 Å². The predicted molar refractivity (Wildman–Crippen MR) is 87.0 cm³/mol. The van der Waals surface area contributed by atoms with Crippen LogP contribution in [0.25, 0.3) is 32.3 Å². The zero-order valence-corrected chi connectivity index (χ0v) is 11.2. The summed E-state index contributed by atoms with van der Waals surface area (Å²) in [7, 11) is 0. The highest BCUT2D eigenvalue weighted by molar-refractivity contribution is 6.26. The number of carbonyl (C=O) groups is 1. The van der Waals surface area contributed by atoms with E-state index in [2.05, 4.69) is 6.07 Å². The molecule has 4 aromatic rings. The van der Waals surface area contributed by atoms with Crippen LogP contribution in [0.15, 0.2) is 60.7 Å². The van der Waals surface area contributed by atoms with Crippen LogP contribution in [-0.2, 0) is 6.37 Å². The Morgan fingerprint density at radius 3 is 2.29 bits per heavy atom. The SMILES string of the molecule is [2H][13C]1([2H])c2c3ccccc3cc3c2c(cc2ccccc23)[13C]1=O. The fourth-order valence-corrected chi connectivity index (χ4v) is 3.43. The van der Waals surface area contributed by atoms with E-state index in [-0.39, 0.29) is 0 Å². The van der Waals surface area contributed by atoms with Crippen molar-refractivity contribution in [3.63, 3.8) is 0 Å². The second kappa shape index (κ2) is 3.70. The molecule has 0 heterocycles. The van der Waals surface area contributed by atoms with E-state index in [1.54, 1.807) is 0 Å². The van der Waals surface area contributed by atoms with Gasteiger partial charge in [0.1, 0.15) is 0 Å². The van der Waals surface area contributed by atoms with Gasteiger partial charge in [-0.25, -0.2) is 0 Å². The minimum atomic E-state index is -1.97. The topological polar surface area (TPSA) is 17.1 Å². The Hall–Kier alpha value is -2.67. The summed E-state index contributed by atoms with van der Waals surface area (Å²) >= 11 is 0. The molecule has 0 amide bonds. The number of carbonyl (C=O) groups excluding carboxylic acids is 1. The molecule has 1 aliphatic carbocycles. The van der Waals surface area contributed by atoms with Crippen molar-refractivity contribution in [2.45, 2.75) is 6.37 Å². The van der Waals surface area contributed by atoms with Gasteiger partial charge in [0.05, 0.1) is 0 Å². The first-order valence-electron chi connectivity index (χ1n) is 8.01. The van der Waals surface area contributed by atoms with Gasteiger partial charge in [0.15, 0.2) is 5.78 Å². The minimum absolute atomic E-state index is 0.431. The van der Waals surface area contributed by atoms with Crippen molar-refractivity contribution in [1.29, 1.82) is 0 Å². The first-order chi connectivity index (χ1) is 11.1. The van der Waals surface area contributed by atoms with Crippen molar-refractivity contribution in [3.8, 4) is 0 Å². The summed E-state index contributed by atoms with van der Waals surface area (Å²) in [6.07, 6.45) is -1.97. The Balaban J connectivity index is 2.18. The van der Waals surface area contributed by atoms with Gasteiger partial charge in [0.2, 0.25) is 0 Å². The lowest BCUT2D eigenvalue weighted by Crippen LogP contribution is -1.93. The van der Waals surface area contributed by atoms with Crippen molar-refractivity contribution in [3.05, 3.63) is 71.8 Å². The number of fused-ring (bicyclic) bond motifs is 4. The lowest BCUT2D eigenvalue weighted by Gasteiger charge is -2.09. The van der Waals surface area contributed by atoms with E-state index < -0.39 is 12.2 Å². The summed E-state index contributed by atoms with van der Waals surface area (Å²) in [5.74, 6) is -0.431. The molecular weight excluding hydrogens is 258 g/mol. The zero-order valence-electron chi connectivity index (χ0n) is 13.2. The number of hydrogen-bond donors (Lipinski definition) is 0. The first kappa shape index (κ1) is 9.30. The maximum absolute atomic E-state index is 12.7. The van der Waals surface area contributed by atoms with Gasteiger partial charge in [0.25, 0.3) is 0 Å². The number of Topliss-reactive ketones (excluding diaryl/α,β-unsaturated/α-hetero) is 1. The van der Waals surface area contributed by atoms with Crippen LogP contribution in [0.4, 0.5) is 0 Å². The van der Waals surface area contributed by atoms with E-state index in [4.69, 9.17) is 2.74 Å². The minimum Gasteiger partial charge on any atom is -0.294 e. The average Bonchev–Trinajstić information content (AvgIpc) is 2.77. The summed E-state index contributed by atoms with van der Waals surface area (Å²) in [5.41, 5.74) is 1.03. The molecule has 0 saturated heterocycles. The third-order valence-corrected chi connectivity index (χ3v) is 4.35. The summed E-state index contributed by atoms with van der Waals surface area (Å²) in [6.45, 7) is 0. The van der Waals surface area contributed by atoms with Gasteiger partial charge in [-0.2, -0.15) is 0 Å². The van der Waals surface area contributed by atoms with Crippen LogP contribution >= 0.6 is 0 Å². The number of hydrogen-bond acceptors (Lipinski definition) is 1. The molecule has 0 aliphatic heterocycles. The van der Waals surface area contributed by atoms with Crippen molar-refractivity contribution in [2.24, 2.45) is 0 Å². The smallest absolute Gasteiger partial charge is 0.167 e. The maximum atomic E-state index is 12.7. The lowest BCUT2D eigenvalue weighted by atomic mass is 9.95. The Bertz CT molecular complexity index is 1160. The highest BCUT2D eigenvalue weighted by atomic mass is 16.2. The van der Waals surface area contributed by atoms with Crippen LogP contribution in [0.5, 0.6) is 0 Å². The second-order valence-corrected chi connectivity index (χ2v) is 5.49. The highest BCUT2D eigenvalue weighted by Crippen LogP contribution is 2.40. The van der Waals surface area contributed by atoms with E-state index in [0.29, 0.717) is 11.1 Å². The van der Waals surface area contributed by atoms with E-state index in [1.165, 1.54) is 0 Å². The molecule has 0 radical (unpaired) electrons. The van der Waals surface area contributed by atoms with Crippen LogP contribution in [0.2, 0.25) is 0 Å². The van der Waals surface area contributed by atoms with Gasteiger partial charge in [-0.05, 0) is 50.0 Å². The van der Waals surface area contributed by atoms with E-state index >= 15 is 0 Å². The Kier molecular flexibility index (Phi) is 1.64. The van der Waals surface area contributed by atoms with Crippen LogP contribution in [0.1, 0.15) is 18.7 Å². The van der Waals surface area contributed by atoms with Crippen LogP contribution in [0.3, 0.4) is 0 Å². The highest BCUT2D eigenvalue weighted by Gasteiger charge is 2.25. The molecule has 1 nitrogen and oxygen atoms in total. The molecule has 4 aromatic carbocycles. The van der Waals surface area contributed by atoms with Crippen LogP contribution in [-0.4, -0.2) is 5.78 Å². The molecule has 1 aliphatic rings. The van der Waals surface area contributed by atoms with Gasteiger partial charge in [-0.3, -0.25) is 4.79 Å². The van der Waals surface area contributed by atoms with Crippen LogP contribution < -0.4 is 0 Å². The van der Waals surface area contributed by atoms with Gasteiger partial charge >= 0.3 is 0 Å². The molecule has 0 unspecified atom stereocenters. The molecule has 21 heavy (non-hydrogen) atoms. The summed E-state index contributed by atoms with van der Waals surface area (Å²) < 4.78 is 16.8. The summed E-state index contributed by atoms with van der Waals surface area (Å²) in [6, 6.07) is 19.6. The monoisotopic (exact) mass is 272 g/mol. The molecule has 0 fully saturated rings. The fraction of sp³-hybridized carbons (Fsp3) is 0.0500. The molecular formula is C20H12O. The molecule has 98 valence electrons. The predicted octanol–water partition coefficient (Wildman–Crippen LogP) is 4.89. The quantitative estimate of drug-likeness (QED) is 0.253. The van der Waals surface area contributed by atoms with Crippen LogP contribution in [0, 0.1) is 0 Å². The molecule has 1 heteroatoms. The number of ketones is 1. The molecule has 0 aromatic heterocycles. The molecule has 5 rings (SSSR count). The lowest BCUT2D eigenvalue weighted by molar-refractivity contribution is 0.1000. The van der Waals surface area contributed by atoms with E-state index in [9.17, 15) is 4.79 Å². The van der Waals surface area contributed by atoms with Crippen molar-refractivity contribution in [2.75, 3.05) is 0 Å². The standard InChI is InChI=1S/C20H12O/c21-19-11-17-15-8-4-1-5-12(15)9-16-14-7-3-2-6-13(14)10-18(19)20(16)17/h1-10H,11H2/i11+1D2,19+1. The largest absolute Gasteiger partial charge is 0.294 e. The second-order valence-electron chi connectivity index (χ2n) is 5.49. The summed E-state index contributed by atoms with van der Waals surface area (Å²) in [5, 5.41) is 5.56. The molecule has 0 saturated carbocycles. The fourth-order valence-electron chi connectivity index (χ4n) is 3.43. The Morgan fingerprint density at radius 2 is 1.48 bits per heavy atom. The molecule has 0 N–H and O–H groups in total. The van der Waals surface area contributed by atoms with Crippen molar-refractivity contribution >= 4 is 38.1 Å². The molecule has 0 atom stereocenters. The third kappa shape index (κ3) is 1.33. The normalized spacial score (nSPS) is 17.4. The first-order valence-corrected chi connectivity index (χ1v) is 7.01. The number of rotatable bonds is 0. The summed E-state index contributed by atoms with van der Waals surface area (Å²) in [4.78, 5) is 12.7. The number of benzene rings is 4. The van der Waals surface area contributed by atoms with Gasteiger partial charge in [0, 0.05) is 14.7 Å². The van der Waals surface area contributed by atoms with E-state index in [1.807, 2.05) is 54.6 Å².